The minimum atomic E-state index is -0.452. The van der Waals surface area contributed by atoms with Gasteiger partial charge in [0.2, 0.25) is 11.8 Å². The van der Waals surface area contributed by atoms with E-state index in [4.69, 9.17) is 16.0 Å². The van der Waals surface area contributed by atoms with Crippen molar-refractivity contribution >= 4 is 17.3 Å². The lowest BCUT2D eigenvalue weighted by Crippen LogP contribution is -1.99. The highest BCUT2D eigenvalue weighted by Gasteiger charge is 2.08. The van der Waals surface area contributed by atoms with E-state index in [1.54, 1.807) is 6.07 Å². The Morgan fingerprint density at radius 3 is 2.64 bits per heavy atom. The second-order valence-electron chi connectivity index (χ2n) is 4.85. The third-order valence-electron chi connectivity index (χ3n) is 3.13. The first-order chi connectivity index (χ1) is 10.6. The monoisotopic (exact) mass is 317 g/mol. The second kappa shape index (κ2) is 6.15. The Morgan fingerprint density at radius 1 is 1.14 bits per heavy atom. The summed E-state index contributed by atoms with van der Waals surface area (Å²) >= 11 is 5.73. The van der Waals surface area contributed by atoms with Crippen molar-refractivity contribution in [2.45, 2.75) is 13.5 Å². The van der Waals surface area contributed by atoms with Crippen molar-refractivity contribution < 1.29 is 8.81 Å². The molecule has 3 rings (SSSR count). The van der Waals surface area contributed by atoms with Gasteiger partial charge < -0.3 is 9.73 Å². The third kappa shape index (κ3) is 3.26. The highest BCUT2D eigenvalue weighted by Crippen LogP contribution is 2.21. The molecule has 0 saturated carbocycles. The largest absolute Gasteiger partial charge is 0.419 e. The number of aryl methyl sites for hydroxylation is 1. The van der Waals surface area contributed by atoms with Crippen molar-refractivity contribution in [1.29, 1.82) is 0 Å². The van der Waals surface area contributed by atoms with Gasteiger partial charge in [-0.1, -0.05) is 29.3 Å². The van der Waals surface area contributed by atoms with Crippen molar-refractivity contribution in [1.82, 2.24) is 10.2 Å². The van der Waals surface area contributed by atoms with Crippen LogP contribution in [0.3, 0.4) is 0 Å². The molecular formula is C16H13ClFN3O. The Hall–Kier alpha value is -2.40. The fourth-order valence-electron chi connectivity index (χ4n) is 1.92. The molecule has 0 spiro atoms. The molecule has 0 bridgehead atoms. The van der Waals surface area contributed by atoms with E-state index >= 15 is 0 Å². The van der Waals surface area contributed by atoms with Crippen LogP contribution < -0.4 is 5.32 Å². The number of rotatable bonds is 4. The van der Waals surface area contributed by atoms with Crippen LogP contribution in [0.15, 0.2) is 46.9 Å². The van der Waals surface area contributed by atoms with Gasteiger partial charge in [0.15, 0.2) is 0 Å². The van der Waals surface area contributed by atoms with Gasteiger partial charge in [-0.25, -0.2) is 4.39 Å². The second-order valence-corrected chi connectivity index (χ2v) is 5.26. The van der Waals surface area contributed by atoms with Gasteiger partial charge in [-0.05, 0) is 37.3 Å². The molecule has 0 atom stereocenters. The zero-order chi connectivity index (χ0) is 15.5. The van der Waals surface area contributed by atoms with Gasteiger partial charge in [-0.15, -0.1) is 10.2 Å². The number of hydrogen-bond acceptors (Lipinski definition) is 4. The summed E-state index contributed by atoms with van der Waals surface area (Å²) in [6.45, 7) is 2.35. The summed E-state index contributed by atoms with van der Waals surface area (Å²) in [5.74, 6) is 0.455. The minimum Gasteiger partial charge on any atom is -0.419 e. The molecule has 0 radical (unpaired) electrons. The molecule has 0 saturated heterocycles. The predicted molar refractivity (Wildman–Crippen MR) is 83.2 cm³/mol. The summed E-state index contributed by atoms with van der Waals surface area (Å²) in [6.07, 6.45) is 0. The molecule has 1 N–H and O–H groups in total. The average Bonchev–Trinajstić information content (AvgIpc) is 2.98. The van der Waals surface area contributed by atoms with E-state index in [-0.39, 0.29) is 5.02 Å². The summed E-state index contributed by atoms with van der Waals surface area (Å²) in [4.78, 5) is 0. The van der Waals surface area contributed by atoms with Crippen molar-refractivity contribution in [3.8, 4) is 11.5 Å². The normalized spacial score (nSPS) is 10.7. The number of hydrogen-bond donors (Lipinski definition) is 1. The zero-order valence-electron chi connectivity index (χ0n) is 11.8. The summed E-state index contributed by atoms with van der Waals surface area (Å²) < 4.78 is 18.7. The fraction of sp³-hybridized carbons (Fsp3) is 0.125. The summed E-state index contributed by atoms with van der Waals surface area (Å²) in [6, 6.07) is 12.2. The number of anilines is 1. The Bertz CT molecular complexity index is 786. The molecule has 1 heterocycles. The van der Waals surface area contributed by atoms with E-state index in [2.05, 4.69) is 15.5 Å². The van der Waals surface area contributed by atoms with Crippen molar-refractivity contribution in [3.05, 3.63) is 64.8 Å². The number of aromatic nitrogens is 2. The lowest BCUT2D eigenvalue weighted by molar-refractivity contribution is 0.515. The van der Waals surface area contributed by atoms with E-state index < -0.39 is 5.82 Å². The van der Waals surface area contributed by atoms with Crippen LogP contribution in [-0.2, 0) is 6.54 Å². The SMILES string of the molecule is Cc1ccc(-c2nnc(CNc3ccc(F)c(Cl)c3)o2)cc1. The predicted octanol–water partition coefficient (Wildman–Crippen LogP) is 4.45. The van der Waals surface area contributed by atoms with Gasteiger partial charge in [0.05, 0.1) is 11.6 Å². The molecule has 3 aromatic rings. The Morgan fingerprint density at radius 2 is 1.91 bits per heavy atom. The molecule has 0 aliphatic heterocycles. The average molecular weight is 318 g/mol. The van der Waals surface area contributed by atoms with Gasteiger partial charge in [0.25, 0.3) is 0 Å². The molecule has 2 aromatic carbocycles. The smallest absolute Gasteiger partial charge is 0.247 e. The first kappa shape index (κ1) is 14.5. The number of nitrogens with zero attached hydrogens (tertiary/aromatic N) is 2. The fourth-order valence-corrected chi connectivity index (χ4v) is 2.10. The maximum atomic E-state index is 13.1. The number of benzene rings is 2. The van der Waals surface area contributed by atoms with Gasteiger partial charge in [-0.3, -0.25) is 0 Å². The topological polar surface area (TPSA) is 51.0 Å². The highest BCUT2D eigenvalue weighted by molar-refractivity contribution is 6.31. The first-order valence-electron chi connectivity index (χ1n) is 6.70. The quantitative estimate of drug-likeness (QED) is 0.772. The molecule has 1 aromatic heterocycles. The van der Waals surface area contributed by atoms with E-state index in [1.165, 1.54) is 17.7 Å². The number of halogens is 2. The minimum absolute atomic E-state index is 0.0656. The molecule has 0 fully saturated rings. The molecular weight excluding hydrogens is 305 g/mol. The Kier molecular flexibility index (Phi) is 4.06. The van der Waals surface area contributed by atoms with Gasteiger partial charge in [-0.2, -0.15) is 0 Å². The summed E-state index contributed by atoms with van der Waals surface area (Å²) in [5.41, 5.74) is 2.72. The van der Waals surface area contributed by atoms with Crippen LogP contribution in [0.2, 0.25) is 5.02 Å². The molecule has 22 heavy (non-hydrogen) atoms. The van der Waals surface area contributed by atoms with E-state index in [0.29, 0.717) is 24.0 Å². The number of nitrogens with one attached hydrogen (secondary N) is 1. The first-order valence-corrected chi connectivity index (χ1v) is 7.08. The highest BCUT2D eigenvalue weighted by atomic mass is 35.5. The van der Waals surface area contributed by atoms with Crippen LogP contribution in [0.5, 0.6) is 0 Å². The summed E-state index contributed by atoms with van der Waals surface area (Å²) in [7, 11) is 0. The zero-order valence-corrected chi connectivity index (χ0v) is 12.6. The van der Waals surface area contributed by atoms with Crippen molar-refractivity contribution in [3.63, 3.8) is 0 Å². The molecule has 0 amide bonds. The van der Waals surface area contributed by atoms with E-state index in [0.717, 1.165) is 5.56 Å². The molecule has 6 heteroatoms. The van der Waals surface area contributed by atoms with Crippen molar-refractivity contribution in [2.24, 2.45) is 0 Å². The maximum Gasteiger partial charge on any atom is 0.247 e. The van der Waals surface area contributed by atoms with Crippen LogP contribution in [0.4, 0.5) is 10.1 Å². The van der Waals surface area contributed by atoms with Crippen LogP contribution >= 0.6 is 11.6 Å². The van der Waals surface area contributed by atoms with Gasteiger partial charge >= 0.3 is 0 Å². The Labute approximate surface area is 131 Å². The van der Waals surface area contributed by atoms with Crippen molar-refractivity contribution in [2.75, 3.05) is 5.32 Å². The van der Waals surface area contributed by atoms with Crippen LogP contribution in [0.1, 0.15) is 11.5 Å². The standard InChI is InChI=1S/C16H13ClFN3O/c1-10-2-4-11(5-3-10)16-21-20-15(22-16)9-19-12-6-7-14(18)13(17)8-12/h2-8,19H,9H2,1H3. The third-order valence-corrected chi connectivity index (χ3v) is 3.42. The van der Waals surface area contributed by atoms with E-state index in [9.17, 15) is 4.39 Å². The Balaban J connectivity index is 1.69. The molecule has 0 aliphatic carbocycles. The van der Waals surface area contributed by atoms with Gasteiger partial charge in [0, 0.05) is 11.3 Å². The van der Waals surface area contributed by atoms with E-state index in [1.807, 2.05) is 31.2 Å². The van der Waals surface area contributed by atoms with Crippen LogP contribution in [0.25, 0.3) is 11.5 Å². The molecule has 0 aliphatic rings. The summed E-state index contributed by atoms with van der Waals surface area (Å²) in [5, 5.41) is 11.1. The van der Waals surface area contributed by atoms with Gasteiger partial charge in [0.1, 0.15) is 5.82 Å². The van der Waals surface area contributed by atoms with Crippen LogP contribution in [-0.4, -0.2) is 10.2 Å². The molecule has 112 valence electrons. The molecule has 0 unspecified atom stereocenters. The maximum absolute atomic E-state index is 13.1. The lowest BCUT2D eigenvalue weighted by atomic mass is 10.1. The van der Waals surface area contributed by atoms with Crippen LogP contribution in [0, 0.1) is 12.7 Å². The molecule has 4 nitrogen and oxygen atoms in total. The lowest BCUT2D eigenvalue weighted by Gasteiger charge is -2.04.